The molecule has 0 N–H and O–H groups in total. The van der Waals surface area contributed by atoms with E-state index in [4.69, 9.17) is 0 Å². The Morgan fingerprint density at radius 3 is 2.62 bits per heavy atom. The van der Waals surface area contributed by atoms with E-state index in [2.05, 4.69) is 46.1 Å². The Morgan fingerprint density at radius 2 is 1.92 bits per heavy atom. The van der Waals surface area contributed by atoms with Gasteiger partial charge in [-0.3, -0.25) is 9.59 Å². The van der Waals surface area contributed by atoms with Crippen LogP contribution in [0, 0.1) is 34.5 Å². The number of carbonyl (C=O) groups excluding carboxylic acids is 2. The summed E-state index contributed by atoms with van der Waals surface area (Å²) in [5.74, 6) is 2.13. The highest BCUT2D eigenvalue weighted by Crippen LogP contribution is 2.66. The number of Topliss-reactive ketones (excluding diaryl/α,β-unsaturated/α-hetero) is 1. The highest BCUT2D eigenvalue weighted by Gasteiger charge is 2.61. The van der Waals surface area contributed by atoms with E-state index in [1.807, 2.05) is 0 Å². The van der Waals surface area contributed by atoms with Crippen molar-refractivity contribution in [1.29, 1.82) is 0 Å². The van der Waals surface area contributed by atoms with Gasteiger partial charge in [-0.25, -0.2) is 0 Å². The van der Waals surface area contributed by atoms with E-state index in [-0.39, 0.29) is 16.6 Å². The van der Waals surface area contributed by atoms with Crippen molar-refractivity contribution < 1.29 is 9.59 Å². The van der Waals surface area contributed by atoms with Crippen molar-refractivity contribution in [3.63, 3.8) is 0 Å². The average Bonchev–Trinajstić information content (AvgIpc) is 2.84. The van der Waals surface area contributed by atoms with Crippen molar-refractivity contribution in [3.8, 4) is 0 Å². The zero-order chi connectivity index (χ0) is 17.4. The molecule has 0 unspecified atom stereocenters. The van der Waals surface area contributed by atoms with Gasteiger partial charge in [0.05, 0.1) is 4.91 Å². The second kappa shape index (κ2) is 4.97. The van der Waals surface area contributed by atoms with Gasteiger partial charge in [0.2, 0.25) is 0 Å². The number of rotatable bonds is 0. The van der Waals surface area contributed by atoms with Crippen molar-refractivity contribution in [2.75, 3.05) is 0 Å². The lowest BCUT2D eigenvalue weighted by Crippen LogP contribution is -2.53. The highest BCUT2D eigenvalue weighted by molar-refractivity contribution is 7.85. The van der Waals surface area contributed by atoms with Crippen LogP contribution in [0.25, 0.3) is 0 Å². The molecule has 3 heteroatoms. The third kappa shape index (κ3) is 1.80. The lowest BCUT2D eigenvalue weighted by molar-refractivity contribution is -0.132. The van der Waals surface area contributed by atoms with Crippen LogP contribution < -0.4 is 0 Å². The summed E-state index contributed by atoms with van der Waals surface area (Å²) in [5.41, 5.74) is 1.79. The molecule has 128 valence electrons. The Morgan fingerprint density at radius 1 is 1.21 bits per heavy atom. The maximum atomic E-state index is 12.5. The molecule has 0 spiro atoms. The van der Waals surface area contributed by atoms with E-state index in [9.17, 15) is 9.59 Å². The van der Waals surface area contributed by atoms with Gasteiger partial charge in [-0.2, -0.15) is 0 Å². The number of hydrogen-bond donors (Lipinski definition) is 1. The summed E-state index contributed by atoms with van der Waals surface area (Å²) < 4.78 is 0. The molecule has 0 aromatic rings. The zero-order valence-electron chi connectivity index (χ0n) is 14.8. The Hall–Kier alpha value is -1.09. The molecule has 0 aliphatic heterocycles. The summed E-state index contributed by atoms with van der Waals surface area (Å²) in [6.07, 6.45) is 7.55. The van der Waals surface area contributed by atoms with Gasteiger partial charge < -0.3 is 0 Å². The number of fused-ring (bicyclic) bond motifs is 5. The largest absolute Gasteiger partial charge is 0.299 e. The smallest absolute Gasteiger partial charge is 0.191 e. The molecule has 4 aliphatic rings. The molecule has 24 heavy (non-hydrogen) atoms. The monoisotopic (exact) mass is 342 g/mol. The predicted octanol–water partition coefficient (Wildman–Crippen LogP) is 4.53. The van der Waals surface area contributed by atoms with Crippen molar-refractivity contribution in [3.05, 3.63) is 34.8 Å². The highest BCUT2D eigenvalue weighted by atomic mass is 32.1. The fraction of sp³-hybridized carbons (Fsp3) is 0.619. The number of ketones is 2. The summed E-state index contributed by atoms with van der Waals surface area (Å²) in [6.45, 7) is 11.1. The van der Waals surface area contributed by atoms with E-state index in [1.54, 1.807) is 6.08 Å². The van der Waals surface area contributed by atoms with Crippen LogP contribution in [-0.2, 0) is 9.59 Å². The van der Waals surface area contributed by atoms with Gasteiger partial charge in [0.25, 0.3) is 0 Å². The molecule has 3 saturated carbocycles. The van der Waals surface area contributed by atoms with Crippen molar-refractivity contribution in [1.82, 2.24) is 0 Å². The van der Waals surface area contributed by atoms with Crippen molar-refractivity contribution in [2.45, 2.75) is 46.5 Å². The van der Waals surface area contributed by atoms with Crippen LogP contribution in [0.1, 0.15) is 46.5 Å². The van der Waals surface area contributed by atoms with Gasteiger partial charge in [0.15, 0.2) is 5.78 Å². The van der Waals surface area contributed by atoms with Gasteiger partial charge in [0, 0.05) is 17.3 Å². The number of thiol groups is 1. The zero-order valence-corrected chi connectivity index (χ0v) is 15.7. The first kappa shape index (κ1) is 16.4. The molecule has 0 saturated heterocycles. The molecule has 2 nitrogen and oxygen atoms in total. The van der Waals surface area contributed by atoms with Crippen LogP contribution in [0.2, 0.25) is 0 Å². The van der Waals surface area contributed by atoms with Crippen LogP contribution in [-0.4, -0.2) is 11.6 Å². The maximum absolute atomic E-state index is 12.5. The molecule has 4 rings (SSSR count). The SMILES string of the molecule is C=C1C2=C(S)C(=O)C=C[C@]2(C)[C@H]2CC[C@]3(C)C(=O)CC[C@H]3[C@@H]2[C@@H]1C. The van der Waals surface area contributed by atoms with Crippen LogP contribution in [0.5, 0.6) is 0 Å². The number of allylic oxidation sites excluding steroid dienone is 5. The predicted molar refractivity (Wildman–Crippen MR) is 98.6 cm³/mol. The quantitative estimate of drug-likeness (QED) is 0.656. The molecule has 0 radical (unpaired) electrons. The van der Waals surface area contributed by atoms with Gasteiger partial charge >= 0.3 is 0 Å². The molecular formula is C21H26O2S. The van der Waals surface area contributed by atoms with Gasteiger partial charge in [-0.05, 0) is 60.2 Å². The molecule has 0 aromatic carbocycles. The van der Waals surface area contributed by atoms with Crippen LogP contribution >= 0.6 is 12.6 Å². The summed E-state index contributed by atoms with van der Waals surface area (Å²) in [7, 11) is 0. The minimum atomic E-state index is -0.174. The third-order valence-corrected chi connectivity index (χ3v) is 8.29. The lowest BCUT2D eigenvalue weighted by atomic mass is 9.45. The second-order valence-electron chi connectivity index (χ2n) is 8.73. The van der Waals surface area contributed by atoms with Crippen LogP contribution in [0.15, 0.2) is 34.8 Å². The molecule has 0 amide bonds. The summed E-state index contributed by atoms with van der Waals surface area (Å²) in [4.78, 5) is 25.3. The molecule has 4 aliphatic carbocycles. The van der Waals surface area contributed by atoms with E-state index < -0.39 is 0 Å². The topological polar surface area (TPSA) is 34.1 Å². The first-order valence-electron chi connectivity index (χ1n) is 9.11. The van der Waals surface area contributed by atoms with Crippen LogP contribution in [0.4, 0.5) is 0 Å². The standard InChI is InChI=1S/C21H26O2S/c1-11-12(2)18-19(24)15(22)8-10-21(18,4)14-7-9-20(3)13(17(11)14)5-6-16(20)23/h8,10-11,13-14,17,24H,2,5-7,9H2,1,3-4H3/t11-,13+,14+,17+,20+,21-/m1/s1. The minimum absolute atomic E-state index is 0.00528. The Balaban J connectivity index is 1.86. The van der Waals surface area contributed by atoms with Crippen molar-refractivity contribution >= 4 is 24.2 Å². The molecule has 0 aromatic heterocycles. The normalized spacial score (nSPS) is 47.6. The summed E-state index contributed by atoms with van der Waals surface area (Å²) in [6, 6.07) is 0. The van der Waals surface area contributed by atoms with E-state index >= 15 is 0 Å². The number of carbonyl (C=O) groups is 2. The van der Waals surface area contributed by atoms with Gasteiger partial charge in [0.1, 0.15) is 5.78 Å². The van der Waals surface area contributed by atoms with Gasteiger partial charge in [-0.15, -0.1) is 12.6 Å². The lowest BCUT2D eigenvalue weighted by Gasteiger charge is -2.58. The molecule has 0 bridgehead atoms. The van der Waals surface area contributed by atoms with E-state index in [0.717, 1.165) is 36.8 Å². The maximum Gasteiger partial charge on any atom is 0.191 e. The number of hydrogen-bond acceptors (Lipinski definition) is 3. The summed E-state index contributed by atoms with van der Waals surface area (Å²) in [5, 5.41) is 0. The van der Waals surface area contributed by atoms with Crippen LogP contribution in [0.3, 0.4) is 0 Å². The Bertz CT molecular complexity index is 730. The fourth-order valence-corrected chi connectivity index (χ4v) is 6.88. The minimum Gasteiger partial charge on any atom is -0.299 e. The van der Waals surface area contributed by atoms with E-state index in [0.29, 0.717) is 34.4 Å². The third-order valence-electron chi connectivity index (χ3n) is 7.85. The first-order chi connectivity index (χ1) is 11.2. The second-order valence-corrected chi connectivity index (χ2v) is 9.17. The first-order valence-corrected chi connectivity index (χ1v) is 9.56. The molecule has 6 atom stereocenters. The van der Waals surface area contributed by atoms with Gasteiger partial charge in [-0.1, -0.05) is 33.4 Å². The fourth-order valence-electron chi connectivity index (χ4n) is 6.42. The molecular weight excluding hydrogens is 316 g/mol. The molecule has 3 fully saturated rings. The summed E-state index contributed by atoms with van der Waals surface area (Å²) >= 11 is 4.56. The Kier molecular flexibility index (Phi) is 3.39. The average molecular weight is 343 g/mol. The van der Waals surface area contributed by atoms with E-state index in [1.165, 1.54) is 0 Å². The van der Waals surface area contributed by atoms with Crippen molar-refractivity contribution in [2.24, 2.45) is 34.5 Å². The molecule has 0 heterocycles. The Labute approximate surface area is 149 Å².